The minimum atomic E-state index is -0.681. The zero-order chi connectivity index (χ0) is 19.8. The lowest BCUT2D eigenvalue weighted by Gasteiger charge is -2.15. The van der Waals surface area contributed by atoms with Crippen molar-refractivity contribution in [3.05, 3.63) is 58.6 Å². The molecule has 0 heterocycles. The van der Waals surface area contributed by atoms with Crippen molar-refractivity contribution in [1.29, 1.82) is 0 Å². The summed E-state index contributed by atoms with van der Waals surface area (Å²) in [5, 5.41) is 5.80. The first-order valence-electron chi connectivity index (χ1n) is 8.50. The van der Waals surface area contributed by atoms with E-state index in [4.69, 9.17) is 21.1 Å². The molecule has 0 aromatic heterocycles. The Bertz CT molecular complexity index is 810. The van der Waals surface area contributed by atoms with Crippen LogP contribution >= 0.6 is 11.6 Å². The number of rotatable bonds is 8. The maximum atomic E-state index is 12.2. The van der Waals surface area contributed by atoms with Gasteiger partial charge in [-0.3, -0.25) is 9.59 Å². The molecule has 0 aliphatic rings. The molecule has 144 valence electrons. The summed E-state index contributed by atoms with van der Waals surface area (Å²) in [7, 11) is 3.16. The molecule has 2 aromatic rings. The van der Waals surface area contributed by atoms with Crippen LogP contribution in [0.5, 0.6) is 11.5 Å². The molecule has 0 spiro atoms. The van der Waals surface area contributed by atoms with E-state index in [2.05, 4.69) is 10.6 Å². The summed E-state index contributed by atoms with van der Waals surface area (Å²) in [4.78, 5) is 24.4. The molecule has 2 aromatic carbocycles. The second-order valence-electron chi connectivity index (χ2n) is 5.91. The molecular weight excluding hydrogens is 368 g/mol. The first-order valence-corrected chi connectivity index (χ1v) is 8.88. The summed E-state index contributed by atoms with van der Waals surface area (Å²) in [5.74, 6) is 0.641. The molecule has 2 rings (SSSR count). The highest BCUT2D eigenvalue weighted by Crippen LogP contribution is 2.27. The molecule has 0 fully saturated rings. The fourth-order valence-electron chi connectivity index (χ4n) is 2.50. The SMILES string of the molecule is COc1ccc(CCNC(=O)[C@@H](C)NC(=O)c2ccccc2Cl)cc1OC. The second kappa shape index (κ2) is 9.83. The molecule has 2 N–H and O–H groups in total. The Labute approximate surface area is 163 Å². The maximum Gasteiger partial charge on any atom is 0.253 e. The molecule has 27 heavy (non-hydrogen) atoms. The highest BCUT2D eigenvalue weighted by molar-refractivity contribution is 6.33. The van der Waals surface area contributed by atoms with Gasteiger partial charge in [0.1, 0.15) is 6.04 Å². The van der Waals surface area contributed by atoms with E-state index in [0.717, 1.165) is 5.56 Å². The van der Waals surface area contributed by atoms with E-state index in [-0.39, 0.29) is 11.8 Å². The van der Waals surface area contributed by atoms with Crippen molar-refractivity contribution in [3.63, 3.8) is 0 Å². The van der Waals surface area contributed by atoms with Crippen LogP contribution in [-0.2, 0) is 11.2 Å². The summed E-state index contributed by atoms with van der Waals surface area (Å²) >= 11 is 6.00. The summed E-state index contributed by atoms with van der Waals surface area (Å²) in [6, 6.07) is 11.6. The minimum Gasteiger partial charge on any atom is -0.493 e. The lowest BCUT2D eigenvalue weighted by atomic mass is 10.1. The van der Waals surface area contributed by atoms with Gasteiger partial charge in [-0.1, -0.05) is 29.8 Å². The number of ether oxygens (including phenoxy) is 2. The van der Waals surface area contributed by atoms with Gasteiger partial charge < -0.3 is 20.1 Å². The quantitative estimate of drug-likeness (QED) is 0.726. The predicted molar refractivity (Wildman–Crippen MR) is 105 cm³/mol. The van der Waals surface area contributed by atoms with Crippen molar-refractivity contribution in [2.45, 2.75) is 19.4 Å². The first-order chi connectivity index (χ1) is 13.0. The van der Waals surface area contributed by atoms with Crippen molar-refractivity contribution in [2.75, 3.05) is 20.8 Å². The normalized spacial score (nSPS) is 11.4. The minimum absolute atomic E-state index is 0.268. The van der Waals surface area contributed by atoms with Gasteiger partial charge in [-0.15, -0.1) is 0 Å². The van der Waals surface area contributed by atoms with Crippen LogP contribution in [0.4, 0.5) is 0 Å². The number of methoxy groups -OCH3 is 2. The van der Waals surface area contributed by atoms with Crippen LogP contribution in [0.25, 0.3) is 0 Å². The average molecular weight is 391 g/mol. The fourth-order valence-corrected chi connectivity index (χ4v) is 2.73. The lowest BCUT2D eigenvalue weighted by molar-refractivity contribution is -0.122. The fraction of sp³-hybridized carbons (Fsp3) is 0.300. The van der Waals surface area contributed by atoms with E-state index in [1.807, 2.05) is 18.2 Å². The highest BCUT2D eigenvalue weighted by atomic mass is 35.5. The van der Waals surface area contributed by atoms with Crippen LogP contribution in [0.2, 0.25) is 5.02 Å². The molecule has 2 amide bonds. The van der Waals surface area contributed by atoms with Crippen molar-refractivity contribution in [3.8, 4) is 11.5 Å². The predicted octanol–water partition coefficient (Wildman–Crippen LogP) is 2.83. The Hall–Kier alpha value is -2.73. The van der Waals surface area contributed by atoms with Gasteiger partial charge >= 0.3 is 0 Å². The summed E-state index contributed by atoms with van der Waals surface area (Å²) in [6.45, 7) is 2.06. The van der Waals surface area contributed by atoms with Crippen LogP contribution < -0.4 is 20.1 Å². The standard InChI is InChI=1S/C20H23ClN2O4/c1-13(23-20(25)15-6-4-5-7-16(15)21)19(24)22-11-10-14-8-9-17(26-2)18(12-14)27-3/h4-9,12-13H,10-11H2,1-3H3,(H,22,24)(H,23,25)/t13-/m1/s1. The van der Waals surface area contributed by atoms with Crippen LogP contribution in [0.1, 0.15) is 22.8 Å². The number of carbonyl (C=O) groups is 2. The zero-order valence-corrected chi connectivity index (χ0v) is 16.3. The molecule has 7 heteroatoms. The number of amides is 2. The van der Waals surface area contributed by atoms with E-state index < -0.39 is 6.04 Å². The van der Waals surface area contributed by atoms with Crippen LogP contribution in [0, 0.1) is 0 Å². The van der Waals surface area contributed by atoms with Gasteiger partial charge in [-0.05, 0) is 43.2 Å². The van der Waals surface area contributed by atoms with Crippen LogP contribution in [0.15, 0.2) is 42.5 Å². The van der Waals surface area contributed by atoms with E-state index in [1.54, 1.807) is 45.4 Å². The molecule has 0 bridgehead atoms. The van der Waals surface area contributed by atoms with Crippen molar-refractivity contribution in [2.24, 2.45) is 0 Å². The van der Waals surface area contributed by atoms with Crippen LogP contribution in [0.3, 0.4) is 0 Å². The number of benzene rings is 2. The Morgan fingerprint density at radius 3 is 2.44 bits per heavy atom. The third-order valence-electron chi connectivity index (χ3n) is 4.02. The largest absolute Gasteiger partial charge is 0.493 e. The Balaban J connectivity index is 1.85. The summed E-state index contributed by atoms with van der Waals surface area (Å²) in [5.41, 5.74) is 1.34. The Morgan fingerprint density at radius 1 is 1.07 bits per heavy atom. The number of hydrogen-bond acceptors (Lipinski definition) is 4. The van der Waals surface area contributed by atoms with E-state index in [0.29, 0.717) is 35.1 Å². The van der Waals surface area contributed by atoms with E-state index >= 15 is 0 Å². The Kier molecular flexibility index (Phi) is 7.49. The van der Waals surface area contributed by atoms with Gasteiger partial charge in [0.2, 0.25) is 5.91 Å². The first kappa shape index (κ1) is 20.6. The summed E-state index contributed by atoms with van der Waals surface area (Å²) in [6.07, 6.45) is 0.622. The lowest BCUT2D eigenvalue weighted by Crippen LogP contribution is -2.45. The smallest absolute Gasteiger partial charge is 0.253 e. The molecule has 1 atom stereocenters. The topological polar surface area (TPSA) is 76.7 Å². The number of hydrogen-bond donors (Lipinski definition) is 2. The number of halogens is 1. The van der Waals surface area contributed by atoms with Gasteiger partial charge in [-0.25, -0.2) is 0 Å². The van der Waals surface area contributed by atoms with E-state index in [9.17, 15) is 9.59 Å². The van der Waals surface area contributed by atoms with Gasteiger partial charge in [0, 0.05) is 6.54 Å². The molecule has 0 saturated carbocycles. The molecule has 0 saturated heterocycles. The average Bonchev–Trinajstić information content (AvgIpc) is 2.67. The van der Waals surface area contributed by atoms with Gasteiger partial charge in [0.05, 0.1) is 24.8 Å². The molecule has 0 unspecified atom stereocenters. The zero-order valence-electron chi connectivity index (χ0n) is 15.5. The molecule has 0 radical (unpaired) electrons. The van der Waals surface area contributed by atoms with Crippen molar-refractivity contribution < 1.29 is 19.1 Å². The maximum absolute atomic E-state index is 12.2. The van der Waals surface area contributed by atoms with Gasteiger partial charge in [0.25, 0.3) is 5.91 Å². The van der Waals surface area contributed by atoms with Crippen molar-refractivity contribution >= 4 is 23.4 Å². The monoisotopic (exact) mass is 390 g/mol. The molecule has 0 aliphatic carbocycles. The van der Waals surface area contributed by atoms with Gasteiger partial charge in [-0.2, -0.15) is 0 Å². The number of nitrogens with one attached hydrogen (secondary N) is 2. The molecule has 0 aliphatic heterocycles. The molecular formula is C20H23ClN2O4. The van der Waals surface area contributed by atoms with E-state index in [1.165, 1.54) is 0 Å². The third-order valence-corrected chi connectivity index (χ3v) is 4.35. The highest BCUT2D eigenvalue weighted by Gasteiger charge is 2.17. The second-order valence-corrected chi connectivity index (χ2v) is 6.31. The van der Waals surface area contributed by atoms with Crippen molar-refractivity contribution in [1.82, 2.24) is 10.6 Å². The summed E-state index contributed by atoms with van der Waals surface area (Å²) < 4.78 is 10.5. The molecule has 6 nitrogen and oxygen atoms in total. The Morgan fingerprint density at radius 2 is 1.78 bits per heavy atom. The third kappa shape index (κ3) is 5.62. The van der Waals surface area contributed by atoms with Gasteiger partial charge in [0.15, 0.2) is 11.5 Å². The van der Waals surface area contributed by atoms with Crippen LogP contribution in [-0.4, -0.2) is 38.6 Å². The number of carbonyl (C=O) groups excluding carboxylic acids is 2.